The maximum atomic E-state index is 12.6. The van der Waals surface area contributed by atoms with E-state index in [0.29, 0.717) is 0 Å². The first-order valence-electron chi connectivity index (χ1n) is 4.76. The highest BCUT2D eigenvalue weighted by Crippen LogP contribution is 2.28. The number of halogens is 3. The van der Waals surface area contributed by atoms with E-state index in [2.05, 4.69) is 10.1 Å². The Morgan fingerprint density at radius 3 is 2.73 bits per heavy atom. The number of ether oxygens (including phenoxy) is 1. The monoisotopic (exact) mass is 222 g/mol. The maximum absolute atomic E-state index is 12.6. The lowest BCUT2D eigenvalue weighted by atomic mass is 9.73. The second kappa shape index (κ2) is 4.70. The second-order valence-electron chi connectivity index (χ2n) is 3.23. The number of hydrogen-bond donors (Lipinski definition) is 1. The third kappa shape index (κ3) is 2.99. The third-order valence-corrected chi connectivity index (χ3v) is 2.18. The molecule has 0 saturated carbocycles. The minimum atomic E-state index is -5.08. The van der Waals surface area contributed by atoms with Crippen LogP contribution in [0.3, 0.4) is 0 Å². The lowest BCUT2D eigenvalue weighted by Gasteiger charge is -2.27. The molecule has 7 heteroatoms. The molecule has 1 aliphatic heterocycles. The fourth-order valence-corrected chi connectivity index (χ4v) is 1.48. The van der Waals surface area contributed by atoms with Gasteiger partial charge in [0.05, 0.1) is 6.61 Å². The molecule has 0 aromatic heterocycles. The Hall–Kier alpha value is -0.975. The summed E-state index contributed by atoms with van der Waals surface area (Å²) in [6, 6.07) is 0. The molecule has 15 heavy (non-hydrogen) atoms. The molecule has 0 fully saturated rings. The van der Waals surface area contributed by atoms with Gasteiger partial charge in [-0.15, -0.1) is 5.47 Å². The van der Waals surface area contributed by atoms with Gasteiger partial charge in [0.15, 0.2) is 0 Å². The van der Waals surface area contributed by atoms with Crippen LogP contribution in [0, 0.1) is 0 Å². The van der Waals surface area contributed by atoms with Gasteiger partial charge in [0.2, 0.25) is 0 Å². The summed E-state index contributed by atoms with van der Waals surface area (Å²) < 4.78 is 42.3. The summed E-state index contributed by atoms with van der Waals surface area (Å²) in [7, 11) is 0. The molecule has 0 aliphatic carbocycles. The van der Waals surface area contributed by atoms with Crippen LogP contribution < -0.4 is 5.32 Å². The fraction of sp³-hybridized carbons (Fsp3) is 0.625. The van der Waals surface area contributed by atoms with Crippen molar-refractivity contribution in [2.24, 2.45) is 0 Å². The van der Waals surface area contributed by atoms with Crippen molar-refractivity contribution in [3.63, 3.8) is 0 Å². The molecule has 0 atom stereocenters. The molecule has 3 nitrogen and oxygen atoms in total. The van der Waals surface area contributed by atoms with E-state index >= 15 is 0 Å². The van der Waals surface area contributed by atoms with Gasteiger partial charge in [-0.3, -0.25) is 0 Å². The zero-order valence-electron chi connectivity index (χ0n) is 8.36. The van der Waals surface area contributed by atoms with Gasteiger partial charge >= 0.3 is 12.9 Å². The lowest BCUT2D eigenvalue weighted by Crippen LogP contribution is -2.36. The van der Waals surface area contributed by atoms with Gasteiger partial charge in [0, 0.05) is 12.1 Å². The number of esters is 1. The normalized spacial score (nSPS) is 17.9. The second-order valence-corrected chi connectivity index (χ2v) is 3.23. The van der Waals surface area contributed by atoms with Gasteiger partial charge in [0.1, 0.15) is 0 Å². The quantitative estimate of drug-likeness (QED) is 0.576. The zero-order chi connectivity index (χ0) is 11.5. The molecule has 0 aromatic carbocycles. The Morgan fingerprint density at radius 2 is 2.20 bits per heavy atom. The van der Waals surface area contributed by atoms with Gasteiger partial charge in [-0.25, -0.2) is 4.79 Å². The van der Waals surface area contributed by atoms with Crippen LogP contribution >= 0.6 is 0 Å². The molecule has 0 unspecified atom stereocenters. The molecule has 0 amide bonds. The minimum Gasteiger partial charge on any atom is -0.463 e. The molecule has 1 aliphatic rings. The first kappa shape index (κ1) is 12.1. The van der Waals surface area contributed by atoms with E-state index in [0.717, 1.165) is 0 Å². The largest absolute Gasteiger partial charge is 0.506 e. The number of carbonyl (C=O) groups excluding carboxylic acids is 1. The maximum Gasteiger partial charge on any atom is 0.506 e. The Balaban J connectivity index is 2.96. The Kier molecular flexibility index (Phi) is 3.79. The molecule has 1 heterocycles. The van der Waals surface area contributed by atoms with Crippen molar-refractivity contribution in [1.29, 1.82) is 0 Å². The summed E-state index contributed by atoms with van der Waals surface area (Å²) in [6.45, 7) is -3.25. The smallest absolute Gasteiger partial charge is 0.463 e. The molecule has 0 saturated heterocycles. The number of carbonyl (C=O) groups is 1. The molecular weight excluding hydrogens is 210 g/mol. The van der Waals surface area contributed by atoms with E-state index in [4.69, 9.17) is 0 Å². The number of hydrogen-bond acceptors (Lipinski definition) is 3. The SMILES string of the molecule is CCOC(=O)C1=C([B-](F)(F)F)CCNC1. The molecular formula is C8H12BF3NO2-. The lowest BCUT2D eigenvalue weighted by molar-refractivity contribution is -0.138. The molecule has 0 aromatic rings. The average molecular weight is 222 g/mol. The highest BCUT2D eigenvalue weighted by molar-refractivity contribution is 6.67. The van der Waals surface area contributed by atoms with Crippen LogP contribution in [0.2, 0.25) is 0 Å². The summed E-state index contributed by atoms with van der Waals surface area (Å²) in [5, 5.41) is 2.73. The van der Waals surface area contributed by atoms with E-state index in [1.54, 1.807) is 6.92 Å². The first-order chi connectivity index (χ1) is 6.96. The van der Waals surface area contributed by atoms with Gasteiger partial charge < -0.3 is 23.0 Å². The van der Waals surface area contributed by atoms with Crippen LogP contribution in [0.1, 0.15) is 13.3 Å². The summed E-state index contributed by atoms with van der Waals surface area (Å²) in [5.41, 5.74) is -0.970. The van der Waals surface area contributed by atoms with Gasteiger partial charge in [0.25, 0.3) is 0 Å². The first-order valence-corrected chi connectivity index (χ1v) is 4.76. The van der Waals surface area contributed by atoms with E-state index in [1.807, 2.05) is 0 Å². The van der Waals surface area contributed by atoms with E-state index in [1.165, 1.54) is 0 Å². The van der Waals surface area contributed by atoms with Crippen molar-refractivity contribution in [2.45, 2.75) is 13.3 Å². The molecule has 1 N–H and O–H groups in total. The molecule has 0 bridgehead atoms. The van der Waals surface area contributed by atoms with Gasteiger partial charge in [-0.1, -0.05) is 0 Å². The van der Waals surface area contributed by atoms with Gasteiger partial charge in [-0.2, -0.15) is 0 Å². The number of rotatable bonds is 3. The highest BCUT2D eigenvalue weighted by Gasteiger charge is 2.34. The Morgan fingerprint density at radius 1 is 1.53 bits per heavy atom. The zero-order valence-corrected chi connectivity index (χ0v) is 8.36. The van der Waals surface area contributed by atoms with Crippen molar-refractivity contribution in [3.8, 4) is 0 Å². The molecule has 0 spiro atoms. The summed E-state index contributed by atoms with van der Waals surface area (Å²) in [4.78, 5) is 11.2. The minimum absolute atomic E-state index is 0.0601. The number of nitrogens with one attached hydrogen (secondary N) is 1. The Labute approximate surface area is 85.7 Å². The van der Waals surface area contributed by atoms with Gasteiger partial charge in [-0.05, 0) is 19.9 Å². The highest BCUT2D eigenvalue weighted by atomic mass is 19.4. The van der Waals surface area contributed by atoms with Crippen LogP contribution in [0.25, 0.3) is 0 Å². The van der Waals surface area contributed by atoms with Crippen molar-refractivity contribution < 1.29 is 22.5 Å². The van der Waals surface area contributed by atoms with Crippen LogP contribution in [0.5, 0.6) is 0 Å². The molecule has 0 radical (unpaired) electrons. The van der Waals surface area contributed by atoms with Crippen LogP contribution in [-0.4, -0.2) is 32.6 Å². The van der Waals surface area contributed by atoms with Crippen molar-refractivity contribution in [3.05, 3.63) is 11.0 Å². The predicted octanol–water partition coefficient (Wildman–Crippen LogP) is 1.23. The Bertz CT molecular complexity index is 288. The fourth-order valence-electron chi connectivity index (χ4n) is 1.48. The summed E-state index contributed by atoms with van der Waals surface area (Å²) >= 11 is 0. The average Bonchev–Trinajstić information content (AvgIpc) is 2.17. The van der Waals surface area contributed by atoms with Crippen LogP contribution in [-0.2, 0) is 9.53 Å². The molecule has 1 rings (SSSR count). The van der Waals surface area contributed by atoms with E-state index in [-0.39, 0.29) is 31.7 Å². The van der Waals surface area contributed by atoms with Crippen molar-refractivity contribution in [2.75, 3.05) is 19.7 Å². The third-order valence-electron chi connectivity index (χ3n) is 2.18. The topological polar surface area (TPSA) is 38.3 Å². The van der Waals surface area contributed by atoms with Crippen LogP contribution in [0.15, 0.2) is 11.0 Å². The van der Waals surface area contributed by atoms with Crippen LogP contribution in [0.4, 0.5) is 12.9 Å². The standard InChI is InChI=1S/C8H12BF3NO2/c1-2-15-8(14)6-5-13-4-3-7(6)9(10,11)12/h13H,2-5H2,1H3/q-1. The summed E-state index contributed by atoms with van der Waals surface area (Å²) in [6.07, 6.45) is -0.155. The summed E-state index contributed by atoms with van der Waals surface area (Å²) in [5.74, 6) is -0.862. The van der Waals surface area contributed by atoms with Crippen molar-refractivity contribution >= 4 is 12.9 Å². The molecule has 86 valence electrons. The van der Waals surface area contributed by atoms with E-state index in [9.17, 15) is 17.7 Å². The van der Waals surface area contributed by atoms with E-state index < -0.39 is 18.4 Å². The van der Waals surface area contributed by atoms with Crippen molar-refractivity contribution in [1.82, 2.24) is 5.32 Å². The predicted molar refractivity (Wildman–Crippen MR) is 50.2 cm³/mol.